The molecule has 3 rings (SSSR count). The molecule has 32 heavy (non-hydrogen) atoms. The molecule has 0 unspecified atom stereocenters. The Balaban J connectivity index is 2.04. The van der Waals surface area contributed by atoms with Crippen molar-refractivity contribution in [3.05, 3.63) is 70.8 Å². The average Bonchev–Trinajstić information content (AvgIpc) is 3.03. The quantitative estimate of drug-likeness (QED) is 0.271. The number of carbonyl (C=O) groups excluding carboxylic acids is 2. The third-order valence-electron chi connectivity index (χ3n) is 5.44. The second kappa shape index (κ2) is 10.5. The minimum Gasteiger partial charge on any atom is -0.507 e. The van der Waals surface area contributed by atoms with Gasteiger partial charge in [-0.15, -0.1) is 0 Å². The fourth-order valence-electron chi connectivity index (χ4n) is 3.87. The smallest absolute Gasteiger partial charge is 0.295 e. The Bertz CT molecular complexity index is 997. The molecule has 1 aliphatic rings. The number of benzene rings is 2. The number of Topliss-reactive ketones (excluding diaryl/α,β-unsaturated/α-hetero) is 1. The van der Waals surface area contributed by atoms with Gasteiger partial charge in [0.05, 0.1) is 18.2 Å². The molecule has 0 saturated carbocycles. The number of hydrogen-bond donors (Lipinski definition) is 1. The summed E-state index contributed by atoms with van der Waals surface area (Å²) >= 11 is 0. The minimum atomic E-state index is -0.673. The largest absolute Gasteiger partial charge is 0.507 e. The lowest BCUT2D eigenvalue weighted by Crippen LogP contribution is -2.31. The second-order valence-corrected chi connectivity index (χ2v) is 8.43. The number of aliphatic hydroxyl groups is 1. The van der Waals surface area contributed by atoms with Crippen LogP contribution in [0.3, 0.4) is 0 Å². The van der Waals surface area contributed by atoms with Gasteiger partial charge in [-0.1, -0.05) is 44.2 Å². The highest BCUT2D eigenvalue weighted by Crippen LogP contribution is 2.40. The fraction of sp³-hybridized carbons (Fsp3) is 0.385. The first-order valence-electron chi connectivity index (χ1n) is 10.9. The van der Waals surface area contributed by atoms with E-state index in [1.807, 2.05) is 43.3 Å². The third-order valence-corrected chi connectivity index (χ3v) is 5.44. The van der Waals surface area contributed by atoms with Gasteiger partial charge in [0.25, 0.3) is 11.7 Å². The van der Waals surface area contributed by atoms with E-state index in [9.17, 15) is 14.7 Å². The van der Waals surface area contributed by atoms with Crippen LogP contribution in [0.2, 0.25) is 0 Å². The Kier molecular flexibility index (Phi) is 7.70. The normalized spacial score (nSPS) is 17.9. The van der Waals surface area contributed by atoms with Gasteiger partial charge >= 0.3 is 0 Å². The number of ether oxygens (including phenoxy) is 2. The molecule has 0 aromatic heterocycles. The van der Waals surface area contributed by atoms with Gasteiger partial charge in [0, 0.05) is 25.8 Å². The average molecular weight is 438 g/mol. The summed E-state index contributed by atoms with van der Waals surface area (Å²) in [6, 6.07) is 14.0. The maximum absolute atomic E-state index is 13.0. The molecule has 0 bridgehead atoms. The molecule has 1 amide bonds. The molecule has 2 aromatic carbocycles. The molecule has 1 saturated heterocycles. The summed E-state index contributed by atoms with van der Waals surface area (Å²) in [5.74, 6) is -0.352. The van der Waals surface area contributed by atoms with E-state index in [-0.39, 0.29) is 11.3 Å². The highest BCUT2D eigenvalue weighted by molar-refractivity contribution is 6.46. The number of methoxy groups -OCH3 is 1. The number of amides is 1. The van der Waals surface area contributed by atoms with E-state index in [0.29, 0.717) is 43.4 Å². The summed E-state index contributed by atoms with van der Waals surface area (Å²) in [4.78, 5) is 27.5. The van der Waals surface area contributed by atoms with E-state index in [2.05, 4.69) is 13.8 Å². The maximum Gasteiger partial charge on any atom is 0.295 e. The van der Waals surface area contributed by atoms with E-state index < -0.39 is 17.7 Å². The molecule has 0 spiro atoms. The zero-order valence-electron chi connectivity index (χ0n) is 19.1. The van der Waals surface area contributed by atoms with Crippen molar-refractivity contribution in [1.82, 2.24) is 4.90 Å². The van der Waals surface area contributed by atoms with E-state index in [4.69, 9.17) is 9.47 Å². The first kappa shape index (κ1) is 23.5. The number of hydrogen-bond acceptors (Lipinski definition) is 5. The van der Waals surface area contributed by atoms with Crippen molar-refractivity contribution < 1.29 is 24.2 Å². The molecule has 1 aliphatic heterocycles. The van der Waals surface area contributed by atoms with Crippen LogP contribution in [0.15, 0.2) is 54.1 Å². The lowest BCUT2D eigenvalue weighted by Gasteiger charge is -2.25. The Hall–Kier alpha value is -3.12. The Labute approximate surface area is 189 Å². The minimum absolute atomic E-state index is 0.109. The van der Waals surface area contributed by atoms with Gasteiger partial charge in [-0.2, -0.15) is 0 Å². The van der Waals surface area contributed by atoms with Gasteiger partial charge in [-0.05, 0) is 48.6 Å². The molecular formula is C26H31NO5. The number of carbonyl (C=O) groups is 2. The van der Waals surface area contributed by atoms with Crippen molar-refractivity contribution >= 4 is 17.4 Å². The van der Waals surface area contributed by atoms with Crippen molar-refractivity contribution in [2.75, 3.05) is 26.9 Å². The maximum atomic E-state index is 13.0. The predicted molar refractivity (Wildman–Crippen MR) is 123 cm³/mol. The zero-order chi connectivity index (χ0) is 23.3. The van der Waals surface area contributed by atoms with Crippen molar-refractivity contribution in [2.45, 2.75) is 33.2 Å². The molecule has 1 N–H and O–H groups in total. The summed E-state index contributed by atoms with van der Waals surface area (Å²) in [5.41, 5.74) is 2.16. The predicted octanol–water partition coefficient (Wildman–Crippen LogP) is 4.49. The molecule has 1 heterocycles. The van der Waals surface area contributed by atoms with Crippen LogP contribution in [0, 0.1) is 12.8 Å². The van der Waals surface area contributed by atoms with Crippen molar-refractivity contribution in [3.63, 3.8) is 0 Å². The molecule has 6 heteroatoms. The molecule has 1 fully saturated rings. The van der Waals surface area contributed by atoms with E-state index in [1.54, 1.807) is 19.2 Å². The molecule has 0 radical (unpaired) electrons. The zero-order valence-corrected chi connectivity index (χ0v) is 19.1. The second-order valence-electron chi connectivity index (χ2n) is 8.43. The van der Waals surface area contributed by atoms with Gasteiger partial charge in [0.15, 0.2) is 0 Å². The topological polar surface area (TPSA) is 76.1 Å². The van der Waals surface area contributed by atoms with Gasteiger partial charge in [-0.25, -0.2) is 0 Å². The van der Waals surface area contributed by atoms with Crippen LogP contribution in [0.25, 0.3) is 5.76 Å². The van der Waals surface area contributed by atoms with E-state index >= 15 is 0 Å². The summed E-state index contributed by atoms with van der Waals surface area (Å²) < 4.78 is 10.9. The number of likely N-dealkylation sites (tertiary alicyclic amines) is 1. The molecule has 170 valence electrons. The highest BCUT2D eigenvalue weighted by Gasteiger charge is 2.45. The van der Waals surface area contributed by atoms with Crippen LogP contribution in [-0.2, 0) is 14.3 Å². The molecule has 2 aromatic rings. The monoisotopic (exact) mass is 437 g/mol. The van der Waals surface area contributed by atoms with E-state index in [1.165, 1.54) is 4.90 Å². The van der Waals surface area contributed by atoms with Crippen molar-refractivity contribution in [2.24, 2.45) is 5.92 Å². The van der Waals surface area contributed by atoms with Crippen molar-refractivity contribution in [1.29, 1.82) is 0 Å². The third kappa shape index (κ3) is 5.02. The molecule has 6 nitrogen and oxygen atoms in total. The first-order chi connectivity index (χ1) is 15.3. The number of nitrogens with zero attached hydrogens (tertiary/aromatic N) is 1. The van der Waals surface area contributed by atoms with Gasteiger partial charge in [0.2, 0.25) is 0 Å². The number of aryl methyl sites for hydroxylation is 1. The number of aliphatic hydroxyl groups excluding tert-OH is 1. The SMILES string of the molecule is COCCCN1C(=O)C(=O)/C(=C(/O)c2ccc(OCC(C)C)cc2C)[C@@H]1c1ccccc1. The molecule has 0 aliphatic carbocycles. The van der Waals surface area contributed by atoms with Crippen molar-refractivity contribution in [3.8, 4) is 5.75 Å². The Morgan fingerprint density at radius 2 is 1.84 bits per heavy atom. The Morgan fingerprint density at radius 1 is 1.12 bits per heavy atom. The van der Waals surface area contributed by atoms with Gasteiger partial charge in [0.1, 0.15) is 11.5 Å². The number of ketones is 1. The fourth-order valence-corrected chi connectivity index (χ4v) is 3.87. The van der Waals surface area contributed by atoms with Crippen LogP contribution in [-0.4, -0.2) is 48.6 Å². The number of rotatable bonds is 9. The lowest BCUT2D eigenvalue weighted by molar-refractivity contribution is -0.140. The summed E-state index contributed by atoms with van der Waals surface area (Å²) in [6.45, 7) is 7.41. The molecule has 1 atom stereocenters. The van der Waals surface area contributed by atoms with E-state index in [0.717, 1.165) is 11.1 Å². The van der Waals surface area contributed by atoms with Crippen LogP contribution in [0.5, 0.6) is 5.75 Å². The van der Waals surface area contributed by atoms with Crippen LogP contribution in [0.1, 0.15) is 43.0 Å². The van der Waals surface area contributed by atoms with Crippen LogP contribution in [0.4, 0.5) is 0 Å². The van der Waals surface area contributed by atoms with Gasteiger partial charge < -0.3 is 19.5 Å². The highest BCUT2D eigenvalue weighted by atomic mass is 16.5. The lowest BCUT2D eigenvalue weighted by atomic mass is 9.94. The Morgan fingerprint density at radius 3 is 2.47 bits per heavy atom. The van der Waals surface area contributed by atoms with Crippen LogP contribution >= 0.6 is 0 Å². The first-order valence-corrected chi connectivity index (χ1v) is 10.9. The van der Waals surface area contributed by atoms with Gasteiger partial charge in [-0.3, -0.25) is 9.59 Å². The summed E-state index contributed by atoms with van der Waals surface area (Å²) in [7, 11) is 1.60. The van der Waals surface area contributed by atoms with Crippen LogP contribution < -0.4 is 4.74 Å². The summed E-state index contributed by atoms with van der Waals surface area (Å²) in [6.07, 6.45) is 0.591. The molecular weight excluding hydrogens is 406 g/mol. The standard InChI is InChI=1S/C26H31NO5/c1-17(2)16-32-20-11-12-21(18(3)15-20)24(28)22-23(19-9-6-5-7-10-19)27(13-8-14-31-4)26(30)25(22)29/h5-7,9-12,15,17,23,28H,8,13-14,16H2,1-4H3/b24-22+/t23-/m0/s1. The summed E-state index contributed by atoms with van der Waals surface area (Å²) in [5, 5.41) is 11.2.